The highest BCUT2D eigenvalue weighted by molar-refractivity contribution is 5.77. The van der Waals surface area contributed by atoms with Crippen molar-refractivity contribution < 1.29 is 19.0 Å². The number of halogens is 1. The molecule has 0 bridgehead atoms. The zero-order chi connectivity index (χ0) is 12.1. The molecular formula is C11H14FNO3. The summed E-state index contributed by atoms with van der Waals surface area (Å²) in [5, 5.41) is 11.6. The number of carboxylic acids is 1. The van der Waals surface area contributed by atoms with E-state index in [4.69, 9.17) is 9.84 Å². The molecule has 0 aromatic heterocycles. The second-order valence-electron chi connectivity index (χ2n) is 3.45. The van der Waals surface area contributed by atoms with E-state index in [0.29, 0.717) is 11.3 Å². The number of benzene rings is 1. The molecule has 1 atom stereocenters. The second kappa shape index (κ2) is 5.46. The van der Waals surface area contributed by atoms with Gasteiger partial charge in [-0.15, -0.1) is 0 Å². The van der Waals surface area contributed by atoms with Gasteiger partial charge in [0.05, 0.1) is 6.61 Å². The molecule has 0 aliphatic heterocycles. The third kappa shape index (κ3) is 3.20. The zero-order valence-electron chi connectivity index (χ0n) is 9.16. The summed E-state index contributed by atoms with van der Waals surface area (Å²) < 4.78 is 17.7. The number of nitrogens with one attached hydrogen (secondary N) is 1. The quantitative estimate of drug-likeness (QED) is 0.803. The van der Waals surface area contributed by atoms with Crippen LogP contribution in [0.1, 0.15) is 5.56 Å². The Labute approximate surface area is 93.0 Å². The van der Waals surface area contributed by atoms with Gasteiger partial charge in [-0.05, 0) is 30.7 Å². The number of aliphatic carboxylic acids is 1. The van der Waals surface area contributed by atoms with Crippen LogP contribution in [0.25, 0.3) is 0 Å². The van der Waals surface area contributed by atoms with Crippen LogP contribution >= 0.6 is 0 Å². The van der Waals surface area contributed by atoms with Crippen molar-refractivity contribution in [2.75, 3.05) is 19.0 Å². The Kier molecular flexibility index (Phi) is 4.25. The van der Waals surface area contributed by atoms with Crippen LogP contribution < -0.4 is 5.32 Å². The van der Waals surface area contributed by atoms with E-state index in [1.165, 1.54) is 19.2 Å². The van der Waals surface area contributed by atoms with Gasteiger partial charge in [0.15, 0.2) is 0 Å². The number of aryl methyl sites for hydroxylation is 1. The standard InChI is InChI=1S/C11H14FNO3/c1-7-5-8(3-4-9(7)12)13-10(6-16-2)11(14)15/h3-5,10,13H,6H2,1-2H3,(H,14,15). The molecule has 4 nitrogen and oxygen atoms in total. The maximum absolute atomic E-state index is 13.0. The van der Waals surface area contributed by atoms with Gasteiger partial charge in [0.2, 0.25) is 0 Å². The van der Waals surface area contributed by atoms with Gasteiger partial charge in [0, 0.05) is 12.8 Å². The number of carbonyl (C=O) groups is 1. The van der Waals surface area contributed by atoms with Crippen molar-refractivity contribution in [2.45, 2.75) is 13.0 Å². The summed E-state index contributed by atoms with van der Waals surface area (Å²) >= 11 is 0. The minimum atomic E-state index is -1.01. The lowest BCUT2D eigenvalue weighted by atomic mass is 10.2. The highest BCUT2D eigenvalue weighted by Gasteiger charge is 2.16. The van der Waals surface area contributed by atoms with Crippen molar-refractivity contribution >= 4 is 11.7 Å². The average Bonchev–Trinajstić information content (AvgIpc) is 2.22. The lowest BCUT2D eigenvalue weighted by Crippen LogP contribution is -2.33. The van der Waals surface area contributed by atoms with Gasteiger partial charge in [0.1, 0.15) is 11.9 Å². The van der Waals surface area contributed by atoms with Crippen molar-refractivity contribution in [1.82, 2.24) is 0 Å². The van der Waals surface area contributed by atoms with E-state index in [0.717, 1.165) is 0 Å². The fraction of sp³-hybridized carbons (Fsp3) is 0.364. The number of hydrogen-bond acceptors (Lipinski definition) is 3. The van der Waals surface area contributed by atoms with E-state index in [1.54, 1.807) is 13.0 Å². The predicted octanol–water partition coefficient (Wildman–Crippen LogP) is 1.65. The molecule has 2 N–H and O–H groups in total. The molecule has 88 valence electrons. The summed E-state index contributed by atoms with van der Waals surface area (Å²) in [6.07, 6.45) is 0. The van der Waals surface area contributed by atoms with Crippen LogP contribution in [0.2, 0.25) is 0 Å². The molecule has 0 saturated carbocycles. The van der Waals surface area contributed by atoms with E-state index >= 15 is 0 Å². The van der Waals surface area contributed by atoms with E-state index in [2.05, 4.69) is 5.32 Å². The molecule has 1 aromatic rings. The molecule has 1 aromatic carbocycles. The zero-order valence-corrected chi connectivity index (χ0v) is 9.16. The highest BCUT2D eigenvalue weighted by Crippen LogP contribution is 2.14. The Morgan fingerprint density at radius 2 is 2.31 bits per heavy atom. The second-order valence-corrected chi connectivity index (χ2v) is 3.45. The predicted molar refractivity (Wildman–Crippen MR) is 58.1 cm³/mol. The Bertz CT molecular complexity index is 381. The molecule has 0 radical (unpaired) electrons. The van der Waals surface area contributed by atoms with Gasteiger partial charge >= 0.3 is 5.97 Å². The first-order chi connectivity index (χ1) is 7.54. The van der Waals surface area contributed by atoms with Crippen LogP contribution in [-0.2, 0) is 9.53 Å². The molecule has 0 aliphatic rings. The van der Waals surface area contributed by atoms with Crippen LogP contribution in [0.15, 0.2) is 18.2 Å². The molecule has 1 rings (SSSR count). The summed E-state index contributed by atoms with van der Waals surface area (Å²) in [6, 6.07) is 3.51. The number of ether oxygens (including phenoxy) is 1. The van der Waals surface area contributed by atoms with Gasteiger partial charge in [-0.1, -0.05) is 0 Å². The van der Waals surface area contributed by atoms with Gasteiger partial charge in [-0.25, -0.2) is 9.18 Å². The van der Waals surface area contributed by atoms with Crippen LogP contribution in [0.3, 0.4) is 0 Å². The number of carboxylic acid groups (broad SMARTS) is 1. The van der Waals surface area contributed by atoms with Crippen molar-refractivity contribution in [3.8, 4) is 0 Å². The van der Waals surface area contributed by atoms with Crippen LogP contribution in [-0.4, -0.2) is 30.8 Å². The summed E-state index contributed by atoms with van der Waals surface area (Å²) in [7, 11) is 1.42. The number of methoxy groups -OCH3 is 1. The van der Waals surface area contributed by atoms with E-state index in [-0.39, 0.29) is 12.4 Å². The molecule has 0 saturated heterocycles. The molecule has 0 heterocycles. The van der Waals surface area contributed by atoms with Crippen molar-refractivity contribution in [2.24, 2.45) is 0 Å². The molecule has 0 amide bonds. The minimum absolute atomic E-state index is 0.0474. The number of hydrogen-bond donors (Lipinski definition) is 2. The monoisotopic (exact) mass is 227 g/mol. The molecule has 5 heteroatoms. The molecular weight excluding hydrogens is 213 g/mol. The maximum atomic E-state index is 13.0. The largest absolute Gasteiger partial charge is 0.480 e. The topological polar surface area (TPSA) is 58.6 Å². The van der Waals surface area contributed by atoms with Crippen molar-refractivity contribution in [3.05, 3.63) is 29.6 Å². The number of rotatable bonds is 5. The van der Waals surface area contributed by atoms with Crippen LogP contribution in [0.5, 0.6) is 0 Å². The summed E-state index contributed by atoms with van der Waals surface area (Å²) in [5.74, 6) is -1.33. The smallest absolute Gasteiger partial charge is 0.328 e. The van der Waals surface area contributed by atoms with Gasteiger partial charge in [0.25, 0.3) is 0 Å². The fourth-order valence-electron chi connectivity index (χ4n) is 1.28. The first-order valence-electron chi connectivity index (χ1n) is 4.79. The summed E-state index contributed by atoms with van der Waals surface area (Å²) in [5.41, 5.74) is 1.02. The van der Waals surface area contributed by atoms with Gasteiger partial charge in [-0.3, -0.25) is 0 Å². The Morgan fingerprint density at radius 1 is 1.62 bits per heavy atom. The minimum Gasteiger partial charge on any atom is -0.480 e. The molecule has 0 fully saturated rings. The fourth-order valence-corrected chi connectivity index (χ4v) is 1.28. The van der Waals surface area contributed by atoms with E-state index < -0.39 is 12.0 Å². The Hall–Kier alpha value is -1.62. The number of anilines is 1. The lowest BCUT2D eigenvalue weighted by Gasteiger charge is -2.15. The highest BCUT2D eigenvalue weighted by atomic mass is 19.1. The normalized spacial score (nSPS) is 12.2. The average molecular weight is 227 g/mol. The third-order valence-corrected chi connectivity index (χ3v) is 2.13. The SMILES string of the molecule is COCC(Nc1ccc(F)c(C)c1)C(=O)O. The first-order valence-corrected chi connectivity index (χ1v) is 4.79. The molecule has 1 unspecified atom stereocenters. The van der Waals surface area contributed by atoms with Crippen molar-refractivity contribution in [1.29, 1.82) is 0 Å². The summed E-state index contributed by atoms with van der Waals surface area (Å²) in [6.45, 7) is 1.67. The van der Waals surface area contributed by atoms with Crippen LogP contribution in [0, 0.1) is 12.7 Å². The molecule has 0 aliphatic carbocycles. The molecule has 0 spiro atoms. The van der Waals surface area contributed by atoms with Crippen LogP contribution in [0.4, 0.5) is 10.1 Å². The van der Waals surface area contributed by atoms with Crippen molar-refractivity contribution in [3.63, 3.8) is 0 Å². The first kappa shape index (κ1) is 12.4. The lowest BCUT2D eigenvalue weighted by molar-refractivity contribution is -0.139. The van der Waals surface area contributed by atoms with E-state index in [1.807, 2.05) is 0 Å². The van der Waals surface area contributed by atoms with Gasteiger partial charge in [-0.2, -0.15) is 0 Å². The summed E-state index contributed by atoms with van der Waals surface area (Å²) in [4.78, 5) is 10.8. The Balaban J connectivity index is 2.77. The maximum Gasteiger partial charge on any atom is 0.328 e. The third-order valence-electron chi connectivity index (χ3n) is 2.13. The molecule has 16 heavy (non-hydrogen) atoms. The van der Waals surface area contributed by atoms with E-state index in [9.17, 15) is 9.18 Å². The Morgan fingerprint density at radius 3 is 2.81 bits per heavy atom. The van der Waals surface area contributed by atoms with Gasteiger partial charge < -0.3 is 15.2 Å².